The van der Waals surface area contributed by atoms with Crippen molar-refractivity contribution in [3.05, 3.63) is 35.9 Å². The zero-order valence-electron chi connectivity index (χ0n) is 6.81. The molecule has 0 unspecified atom stereocenters. The van der Waals surface area contributed by atoms with Gasteiger partial charge in [0.15, 0.2) is 0 Å². The Morgan fingerprint density at radius 2 is 2.08 bits per heavy atom. The third kappa shape index (κ3) is 1.84. The van der Waals surface area contributed by atoms with Crippen molar-refractivity contribution in [3.63, 3.8) is 0 Å². The highest BCUT2D eigenvalue weighted by atomic mass is 16.6. The standard InChI is InChI=1S/C10H12O2/c11-10(6-9-7-12-9)8-4-2-1-3-5-8/h1-5,9-11H,6-7H2/t9-,10-/m0/s1. The Hall–Kier alpha value is -0.860. The predicted octanol–water partition coefficient (Wildman–Crippen LogP) is 1.51. The van der Waals surface area contributed by atoms with Gasteiger partial charge in [0.2, 0.25) is 0 Å². The molecule has 1 N–H and O–H groups in total. The van der Waals surface area contributed by atoms with Gasteiger partial charge in [-0.05, 0) is 5.56 Å². The van der Waals surface area contributed by atoms with Crippen LogP contribution in [0.5, 0.6) is 0 Å². The molecule has 1 aromatic carbocycles. The highest BCUT2D eigenvalue weighted by Crippen LogP contribution is 2.24. The second-order valence-corrected chi connectivity index (χ2v) is 3.12. The van der Waals surface area contributed by atoms with Gasteiger partial charge < -0.3 is 9.84 Å². The molecule has 0 radical (unpaired) electrons. The Balaban J connectivity index is 1.98. The average molecular weight is 164 g/mol. The number of hydrogen-bond donors (Lipinski definition) is 1. The fourth-order valence-corrected chi connectivity index (χ4v) is 1.26. The highest BCUT2D eigenvalue weighted by Gasteiger charge is 2.26. The molecule has 2 nitrogen and oxygen atoms in total. The van der Waals surface area contributed by atoms with Gasteiger partial charge in [-0.25, -0.2) is 0 Å². The van der Waals surface area contributed by atoms with Gasteiger partial charge in [-0.1, -0.05) is 30.3 Å². The van der Waals surface area contributed by atoms with E-state index in [1.165, 1.54) is 0 Å². The molecular formula is C10H12O2. The molecule has 2 atom stereocenters. The first-order valence-corrected chi connectivity index (χ1v) is 4.21. The van der Waals surface area contributed by atoms with Gasteiger partial charge in [-0.2, -0.15) is 0 Å². The van der Waals surface area contributed by atoms with Crippen LogP contribution in [-0.4, -0.2) is 17.8 Å². The van der Waals surface area contributed by atoms with Crippen LogP contribution in [0.15, 0.2) is 30.3 Å². The van der Waals surface area contributed by atoms with Crippen molar-refractivity contribution in [1.29, 1.82) is 0 Å². The van der Waals surface area contributed by atoms with E-state index in [-0.39, 0.29) is 6.10 Å². The summed E-state index contributed by atoms with van der Waals surface area (Å²) in [6.45, 7) is 0.809. The molecule has 1 heterocycles. The molecule has 2 heteroatoms. The lowest BCUT2D eigenvalue weighted by molar-refractivity contribution is 0.154. The molecule has 1 aliphatic rings. The quantitative estimate of drug-likeness (QED) is 0.687. The molecular weight excluding hydrogens is 152 g/mol. The molecule has 1 fully saturated rings. The Labute approximate surface area is 71.8 Å². The van der Waals surface area contributed by atoms with E-state index in [2.05, 4.69) is 0 Å². The first-order valence-electron chi connectivity index (χ1n) is 4.21. The SMILES string of the molecule is O[C@@H](C[C@H]1CO1)c1ccccc1. The number of aliphatic hydroxyl groups excluding tert-OH is 1. The zero-order chi connectivity index (χ0) is 8.39. The van der Waals surface area contributed by atoms with Crippen LogP contribution in [0.3, 0.4) is 0 Å². The number of ether oxygens (including phenoxy) is 1. The molecule has 0 aliphatic carbocycles. The Morgan fingerprint density at radius 1 is 1.42 bits per heavy atom. The largest absolute Gasteiger partial charge is 0.388 e. The summed E-state index contributed by atoms with van der Waals surface area (Å²) in [6, 6.07) is 9.70. The first-order chi connectivity index (χ1) is 5.86. The monoisotopic (exact) mass is 164 g/mol. The van der Waals surface area contributed by atoms with Crippen molar-refractivity contribution >= 4 is 0 Å². The van der Waals surface area contributed by atoms with Crippen molar-refractivity contribution in [2.24, 2.45) is 0 Å². The van der Waals surface area contributed by atoms with E-state index < -0.39 is 0 Å². The van der Waals surface area contributed by atoms with Crippen molar-refractivity contribution in [3.8, 4) is 0 Å². The minimum atomic E-state index is -0.362. The molecule has 0 aromatic heterocycles. The summed E-state index contributed by atoms with van der Waals surface area (Å²) in [7, 11) is 0. The Morgan fingerprint density at radius 3 is 2.67 bits per heavy atom. The van der Waals surface area contributed by atoms with Crippen LogP contribution in [0.2, 0.25) is 0 Å². The summed E-state index contributed by atoms with van der Waals surface area (Å²) in [6.07, 6.45) is 0.656. The summed E-state index contributed by atoms with van der Waals surface area (Å²) in [5.74, 6) is 0. The van der Waals surface area contributed by atoms with E-state index in [1.807, 2.05) is 30.3 Å². The lowest BCUT2D eigenvalue weighted by Gasteiger charge is -2.07. The van der Waals surface area contributed by atoms with Crippen molar-refractivity contribution in [2.75, 3.05) is 6.61 Å². The summed E-state index contributed by atoms with van der Waals surface area (Å²) >= 11 is 0. The lowest BCUT2D eigenvalue weighted by atomic mass is 10.1. The van der Waals surface area contributed by atoms with Crippen molar-refractivity contribution < 1.29 is 9.84 Å². The maximum atomic E-state index is 9.65. The summed E-state index contributed by atoms with van der Waals surface area (Å²) in [5, 5.41) is 9.65. The molecule has 2 rings (SSSR count). The second-order valence-electron chi connectivity index (χ2n) is 3.12. The normalized spacial score (nSPS) is 23.6. The van der Waals surface area contributed by atoms with Crippen LogP contribution in [-0.2, 0) is 4.74 Å². The number of aliphatic hydroxyl groups is 1. The van der Waals surface area contributed by atoms with E-state index in [1.54, 1.807) is 0 Å². The summed E-state index contributed by atoms with van der Waals surface area (Å²) < 4.78 is 5.04. The molecule has 64 valence electrons. The molecule has 0 bridgehead atoms. The van der Waals surface area contributed by atoms with Gasteiger partial charge in [0.25, 0.3) is 0 Å². The second kappa shape index (κ2) is 3.25. The van der Waals surface area contributed by atoms with Crippen LogP contribution in [0.4, 0.5) is 0 Å². The van der Waals surface area contributed by atoms with Crippen LogP contribution in [0.1, 0.15) is 18.1 Å². The van der Waals surface area contributed by atoms with E-state index >= 15 is 0 Å². The lowest BCUT2D eigenvalue weighted by Crippen LogP contribution is -2.00. The Kier molecular flexibility index (Phi) is 2.11. The fourth-order valence-electron chi connectivity index (χ4n) is 1.26. The highest BCUT2D eigenvalue weighted by molar-refractivity contribution is 5.17. The molecule has 1 aliphatic heterocycles. The zero-order valence-corrected chi connectivity index (χ0v) is 6.81. The van der Waals surface area contributed by atoms with Crippen LogP contribution < -0.4 is 0 Å². The molecule has 1 aromatic rings. The number of benzene rings is 1. The van der Waals surface area contributed by atoms with Gasteiger partial charge in [0.1, 0.15) is 0 Å². The van der Waals surface area contributed by atoms with Crippen molar-refractivity contribution in [1.82, 2.24) is 0 Å². The molecule has 0 saturated carbocycles. The summed E-state index contributed by atoms with van der Waals surface area (Å²) in [5.41, 5.74) is 0.980. The third-order valence-corrected chi connectivity index (χ3v) is 2.07. The van der Waals surface area contributed by atoms with Crippen LogP contribution >= 0.6 is 0 Å². The van der Waals surface area contributed by atoms with E-state index in [9.17, 15) is 5.11 Å². The average Bonchev–Trinajstić information content (AvgIpc) is 2.90. The first kappa shape index (κ1) is 7.77. The van der Waals surface area contributed by atoms with Gasteiger partial charge in [-0.3, -0.25) is 0 Å². The molecule has 12 heavy (non-hydrogen) atoms. The van der Waals surface area contributed by atoms with E-state index in [0.29, 0.717) is 6.10 Å². The third-order valence-electron chi connectivity index (χ3n) is 2.07. The van der Waals surface area contributed by atoms with Gasteiger partial charge in [-0.15, -0.1) is 0 Å². The van der Waals surface area contributed by atoms with E-state index in [4.69, 9.17) is 4.74 Å². The minimum Gasteiger partial charge on any atom is -0.388 e. The summed E-state index contributed by atoms with van der Waals surface area (Å²) in [4.78, 5) is 0. The van der Waals surface area contributed by atoms with Gasteiger partial charge >= 0.3 is 0 Å². The minimum absolute atomic E-state index is 0.292. The van der Waals surface area contributed by atoms with Crippen LogP contribution in [0, 0.1) is 0 Å². The Bertz CT molecular complexity index is 241. The maximum Gasteiger partial charge on any atom is 0.0837 e. The van der Waals surface area contributed by atoms with Gasteiger partial charge in [0, 0.05) is 6.42 Å². The number of rotatable bonds is 3. The molecule has 0 amide bonds. The maximum absolute atomic E-state index is 9.65. The molecule has 0 spiro atoms. The van der Waals surface area contributed by atoms with E-state index in [0.717, 1.165) is 18.6 Å². The fraction of sp³-hybridized carbons (Fsp3) is 0.400. The topological polar surface area (TPSA) is 32.8 Å². The van der Waals surface area contributed by atoms with Crippen LogP contribution in [0.25, 0.3) is 0 Å². The van der Waals surface area contributed by atoms with Gasteiger partial charge in [0.05, 0.1) is 18.8 Å². The smallest absolute Gasteiger partial charge is 0.0837 e. The predicted molar refractivity (Wildman–Crippen MR) is 45.8 cm³/mol. The van der Waals surface area contributed by atoms with Crippen molar-refractivity contribution in [2.45, 2.75) is 18.6 Å². The number of epoxide rings is 1. The molecule has 1 saturated heterocycles. The number of hydrogen-bond acceptors (Lipinski definition) is 2.